The normalized spacial score (nSPS) is 50.3. The molecular weight excluding hydrogens is 440 g/mol. The summed E-state index contributed by atoms with van der Waals surface area (Å²) in [4.78, 5) is 27.0. The fraction of sp³-hybridized carbons (Fsp3) is 0.733. The lowest BCUT2D eigenvalue weighted by Crippen LogP contribution is -2.64. The average molecular weight is 483 g/mol. The number of rotatable bonds is 1. The maximum Gasteiger partial charge on any atom is 0.206 e. The number of carbonyl (C=O) groups excluding carboxylic acids is 2. The molecule has 1 aliphatic heterocycles. The Morgan fingerprint density at radius 1 is 1.06 bits per heavy atom. The summed E-state index contributed by atoms with van der Waals surface area (Å²) in [5.41, 5.74) is -1.00. The Bertz CT molecular complexity index is 1090. The highest BCUT2D eigenvalue weighted by atomic mass is 16.5. The van der Waals surface area contributed by atoms with Crippen molar-refractivity contribution in [1.29, 1.82) is 0 Å². The molecular formula is C30H42O5. The SMILES string of the molecule is CC(C)=C[C@@H]1C[C@](C)(O)[C@H]2[C@@H](C[C@@]3(C)[C@@H]4CC=C5[C@@H](C=C(O)C(=O)C5(C)C)[C@]4(C)C(=O)C[C@]23C)O1. The molecule has 0 unspecified atom stereocenters. The van der Waals surface area contributed by atoms with E-state index in [4.69, 9.17) is 4.74 Å². The molecule has 0 radical (unpaired) electrons. The molecule has 1 heterocycles. The van der Waals surface area contributed by atoms with E-state index in [1.54, 1.807) is 6.08 Å². The predicted octanol–water partition coefficient (Wildman–Crippen LogP) is 5.49. The summed E-state index contributed by atoms with van der Waals surface area (Å²) >= 11 is 0. The molecule has 5 nitrogen and oxygen atoms in total. The highest BCUT2D eigenvalue weighted by molar-refractivity contribution is 6.02. The highest BCUT2D eigenvalue weighted by Gasteiger charge is 2.75. The van der Waals surface area contributed by atoms with Gasteiger partial charge in [-0.2, -0.15) is 0 Å². The van der Waals surface area contributed by atoms with Crippen LogP contribution < -0.4 is 0 Å². The second-order valence-corrected chi connectivity index (χ2v) is 13.8. The number of hydrogen-bond acceptors (Lipinski definition) is 5. The Kier molecular flexibility index (Phi) is 5.13. The molecule has 2 saturated carbocycles. The summed E-state index contributed by atoms with van der Waals surface area (Å²) in [5.74, 6) is -0.728. The quantitative estimate of drug-likeness (QED) is 0.483. The molecule has 0 aromatic heterocycles. The Hall–Kier alpha value is -1.72. The van der Waals surface area contributed by atoms with E-state index >= 15 is 0 Å². The number of aliphatic hydroxyl groups is 2. The van der Waals surface area contributed by atoms with Gasteiger partial charge >= 0.3 is 0 Å². The zero-order chi connectivity index (χ0) is 25.9. The number of allylic oxidation sites excluding steroid dienone is 5. The van der Waals surface area contributed by atoms with Gasteiger partial charge in [0.1, 0.15) is 5.78 Å². The summed E-state index contributed by atoms with van der Waals surface area (Å²) < 4.78 is 6.64. The maximum absolute atomic E-state index is 14.2. The van der Waals surface area contributed by atoms with Gasteiger partial charge in [-0.3, -0.25) is 9.59 Å². The van der Waals surface area contributed by atoms with Crippen molar-refractivity contribution in [3.05, 3.63) is 35.1 Å². The summed E-state index contributed by atoms with van der Waals surface area (Å²) in [6.07, 6.45) is 8.08. The van der Waals surface area contributed by atoms with Crippen LogP contribution in [-0.4, -0.2) is 39.6 Å². The van der Waals surface area contributed by atoms with Crippen molar-refractivity contribution in [3.63, 3.8) is 0 Å². The minimum atomic E-state index is -0.937. The molecule has 192 valence electrons. The number of aliphatic hydroxyl groups excluding tert-OH is 1. The van der Waals surface area contributed by atoms with Gasteiger partial charge in [-0.15, -0.1) is 0 Å². The van der Waals surface area contributed by atoms with Gasteiger partial charge in [0.15, 0.2) is 5.76 Å². The first-order valence-electron chi connectivity index (χ1n) is 13.2. The molecule has 0 amide bonds. The largest absolute Gasteiger partial charge is 0.505 e. The van der Waals surface area contributed by atoms with E-state index in [9.17, 15) is 19.8 Å². The van der Waals surface area contributed by atoms with Crippen LogP contribution in [0.15, 0.2) is 35.1 Å². The van der Waals surface area contributed by atoms with Crippen molar-refractivity contribution in [1.82, 2.24) is 0 Å². The number of ketones is 2. The van der Waals surface area contributed by atoms with Gasteiger partial charge in [0, 0.05) is 30.1 Å². The van der Waals surface area contributed by atoms with Crippen LogP contribution in [-0.2, 0) is 14.3 Å². The molecule has 4 aliphatic carbocycles. The number of fused-ring (bicyclic) bond motifs is 7. The van der Waals surface area contributed by atoms with E-state index in [0.717, 1.165) is 12.0 Å². The van der Waals surface area contributed by atoms with Crippen LogP contribution in [0.3, 0.4) is 0 Å². The molecule has 0 bridgehead atoms. The molecule has 1 saturated heterocycles. The molecule has 5 rings (SSSR count). The van der Waals surface area contributed by atoms with Gasteiger partial charge < -0.3 is 14.9 Å². The van der Waals surface area contributed by atoms with Crippen LogP contribution in [0.5, 0.6) is 0 Å². The number of ether oxygens (including phenoxy) is 1. The Labute approximate surface area is 209 Å². The monoisotopic (exact) mass is 482 g/mol. The summed E-state index contributed by atoms with van der Waals surface area (Å²) in [6, 6.07) is 0. The van der Waals surface area contributed by atoms with E-state index < -0.39 is 21.8 Å². The van der Waals surface area contributed by atoms with Crippen LogP contribution in [0.1, 0.15) is 81.1 Å². The molecule has 0 aromatic carbocycles. The molecule has 2 N–H and O–H groups in total. The van der Waals surface area contributed by atoms with Gasteiger partial charge in [0.2, 0.25) is 5.78 Å². The lowest BCUT2D eigenvalue weighted by atomic mass is 9.39. The Morgan fingerprint density at radius 3 is 2.34 bits per heavy atom. The van der Waals surface area contributed by atoms with Crippen molar-refractivity contribution in [2.45, 2.75) is 98.9 Å². The molecule has 0 aromatic rings. The molecule has 0 spiro atoms. The van der Waals surface area contributed by atoms with Crippen LogP contribution >= 0.6 is 0 Å². The molecule has 35 heavy (non-hydrogen) atoms. The van der Waals surface area contributed by atoms with E-state index in [1.165, 1.54) is 5.57 Å². The first kappa shape index (κ1) is 25.0. The minimum Gasteiger partial charge on any atom is -0.505 e. The number of carbonyl (C=O) groups is 2. The first-order valence-corrected chi connectivity index (χ1v) is 13.2. The maximum atomic E-state index is 14.2. The third-order valence-corrected chi connectivity index (χ3v) is 11.2. The lowest BCUT2D eigenvalue weighted by Gasteiger charge is -2.64. The Morgan fingerprint density at radius 2 is 1.71 bits per heavy atom. The first-order chi connectivity index (χ1) is 16.0. The topological polar surface area (TPSA) is 83.8 Å². The van der Waals surface area contributed by atoms with E-state index in [-0.39, 0.29) is 52.7 Å². The summed E-state index contributed by atoms with van der Waals surface area (Å²) in [6.45, 7) is 16.3. The predicted molar refractivity (Wildman–Crippen MR) is 135 cm³/mol. The fourth-order valence-electron chi connectivity index (χ4n) is 9.44. The van der Waals surface area contributed by atoms with Gasteiger partial charge in [-0.05, 0) is 70.3 Å². The van der Waals surface area contributed by atoms with Gasteiger partial charge in [0.25, 0.3) is 0 Å². The number of hydrogen-bond donors (Lipinski definition) is 2. The summed E-state index contributed by atoms with van der Waals surface area (Å²) in [7, 11) is 0. The van der Waals surface area contributed by atoms with Crippen molar-refractivity contribution < 1.29 is 24.5 Å². The molecule has 5 heteroatoms. The van der Waals surface area contributed by atoms with Crippen LogP contribution in [0.25, 0.3) is 0 Å². The third-order valence-electron chi connectivity index (χ3n) is 11.2. The minimum absolute atomic E-state index is 0.0231. The molecule has 9 atom stereocenters. The van der Waals surface area contributed by atoms with E-state index in [2.05, 4.69) is 46.8 Å². The fourth-order valence-corrected chi connectivity index (χ4v) is 9.44. The van der Waals surface area contributed by atoms with Gasteiger partial charge in [0.05, 0.1) is 23.2 Å². The molecule has 5 aliphatic rings. The van der Waals surface area contributed by atoms with Crippen LogP contribution in [0.4, 0.5) is 0 Å². The third kappa shape index (κ3) is 3.00. The van der Waals surface area contributed by atoms with Gasteiger partial charge in [-0.1, -0.05) is 44.1 Å². The van der Waals surface area contributed by atoms with Crippen molar-refractivity contribution >= 4 is 11.6 Å². The molecule has 3 fully saturated rings. The highest BCUT2D eigenvalue weighted by Crippen LogP contribution is 2.74. The van der Waals surface area contributed by atoms with Crippen molar-refractivity contribution in [2.75, 3.05) is 0 Å². The van der Waals surface area contributed by atoms with E-state index in [0.29, 0.717) is 19.3 Å². The second-order valence-electron chi connectivity index (χ2n) is 13.8. The van der Waals surface area contributed by atoms with Crippen molar-refractivity contribution in [2.24, 2.45) is 39.4 Å². The van der Waals surface area contributed by atoms with E-state index in [1.807, 2.05) is 20.8 Å². The summed E-state index contributed by atoms with van der Waals surface area (Å²) in [5, 5.41) is 22.4. The second kappa shape index (κ2) is 7.19. The zero-order valence-corrected chi connectivity index (χ0v) is 22.6. The Balaban J connectivity index is 1.63. The zero-order valence-electron chi connectivity index (χ0n) is 22.6. The lowest BCUT2D eigenvalue weighted by molar-refractivity contribution is -0.198. The number of Topliss-reactive ketones (excluding diaryl/α,β-unsaturated/α-hetero) is 2. The van der Waals surface area contributed by atoms with Crippen LogP contribution in [0, 0.1) is 39.4 Å². The smallest absolute Gasteiger partial charge is 0.206 e. The van der Waals surface area contributed by atoms with Crippen LogP contribution in [0.2, 0.25) is 0 Å². The standard InChI is InChI=1S/C30H42O5/c1-16(2)11-17-13-29(7,34)24-21(35-17)14-27(5)22-10-9-18-19(12-20(31)25(33)26(18,3)4)30(22,8)23(32)15-28(24,27)6/h9,11-12,17,19,21-22,24,31,34H,10,13-15H2,1-8H3/t17-,19-,21-,22+,24+,27+,28-,29+,30+/m1/s1. The average Bonchev–Trinajstić information content (AvgIpc) is 2.93. The van der Waals surface area contributed by atoms with Crippen molar-refractivity contribution in [3.8, 4) is 0 Å². The van der Waals surface area contributed by atoms with Gasteiger partial charge in [-0.25, -0.2) is 0 Å².